The molecule has 3 nitrogen and oxygen atoms in total. The van der Waals surface area contributed by atoms with Gasteiger partial charge in [0.25, 0.3) is 0 Å². The number of aliphatic hydroxyl groups excluding tert-OH is 2. The second-order valence-electron chi connectivity index (χ2n) is 5.52. The topological polar surface area (TPSA) is 49.7 Å². The molecule has 0 aromatic rings. The van der Waals surface area contributed by atoms with E-state index in [0.29, 0.717) is 18.9 Å². The molecule has 1 fully saturated rings. The first-order valence-electron chi connectivity index (χ1n) is 6.46. The molecule has 0 aliphatic heterocycles. The molecule has 1 aliphatic rings. The fraction of sp³-hybridized carbons (Fsp3) is 1.00. The molecule has 3 heteroatoms. The highest BCUT2D eigenvalue weighted by Gasteiger charge is 2.28. The van der Waals surface area contributed by atoms with Gasteiger partial charge in [-0.1, -0.05) is 6.92 Å². The van der Waals surface area contributed by atoms with E-state index in [9.17, 15) is 10.2 Å². The summed E-state index contributed by atoms with van der Waals surface area (Å²) in [4.78, 5) is 0. The van der Waals surface area contributed by atoms with E-state index in [0.717, 1.165) is 19.3 Å². The maximum Gasteiger partial charge on any atom is 0.0777 e. The lowest BCUT2D eigenvalue weighted by Gasteiger charge is -2.32. The van der Waals surface area contributed by atoms with Crippen LogP contribution in [0.1, 0.15) is 46.5 Å². The van der Waals surface area contributed by atoms with Crippen LogP contribution in [-0.2, 0) is 4.74 Å². The average Bonchev–Trinajstić information content (AvgIpc) is 2.20. The van der Waals surface area contributed by atoms with Crippen molar-refractivity contribution in [1.82, 2.24) is 0 Å². The monoisotopic (exact) mass is 230 g/mol. The number of rotatable bonds is 5. The molecule has 0 radical (unpaired) electrons. The van der Waals surface area contributed by atoms with E-state index in [1.165, 1.54) is 0 Å². The van der Waals surface area contributed by atoms with Crippen LogP contribution in [0.4, 0.5) is 0 Å². The summed E-state index contributed by atoms with van der Waals surface area (Å²) < 4.78 is 5.38. The van der Waals surface area contributed by atoms with Gasteiger partial charge in [-0.25, -0.2) is 0 Å². The van der Waals surface area contributed by atoms with Crippen LogP contribution < -0.4 is 0 Å². The van der Waals surface area contributed by atoms with Gasteiger partial charge in [0.05, 0.1) is 24.9 Å². The zero-order valence-electron chi connectivity index (χ0n) is 10.7. The van der Waals surface area contributed by atoms with E-state index in [2.05, 4.69) is 6.92 Å². The quantitative estimate of drug-likeness (QED) is 0.759. The van der Waals surface area contributed by atoms with Gasteiger partial charge in [0, 0.05) is 0 Å². The predicted molar refractivity (Wildman–Crippen MR) is 64.2 cm³/mol. The summed E-state index contributed by atoms with van der Waals surface area (Å²) in [5.41, 5.74) is 0. The standard InChI is InChI=1S/C13H26O3/c1-9(2)16-8-12(14)7-11-6-10(3)4-5-13(11)15/h9-15H,4-8H2,1-3H3. The average molecular weight is 230 g/mol. The molecule has 0 spiro atoms. The molecule has 0 bridgehead atoms. The zero-order valence-corrected chi connectivity index (χ0v) is 10.7. The molecule has 1 saturated carbocycles. The normalized spacial score (nSPS) is 33.0. The van der Waals surface area contributed by atoms with Crippen LogP contribution in [0.25, 0.3) is 0 Å². The Morgan fingerprint density at radius 2 is 2.00 bits per heavy atom. The first-order valence-corrected chi connectivity index (χ1v) is 6.46. The summed E-state index contributed by atoms with van der Waals surface area (Å²) in [7, 11) is 0. The minimum atomic E-state index is -0.438. The van der Waals surface area contributed by atoms with Crippen LogP contribution in [0.3, 0.4) is 0 Å². The van der Waals surface area contributed by atoms with E-state index in [4.69, 9.17) is 4.74 Å². The van der Waals surface area contributed by atoms with Gasteiger partial charge in [-0.15, -0.1) is 0 Å². The van der Waals surface area contributed by atoms with Crippen molar-refractivity contribution in [3.05, 3.63) is 0 Å². The largest absolute Gasteiger partial charge is 0.393 e. The molecule has 0 aromatic carbocycles. The Morgan fingerprint density at radius 1 is 1.31 bits per heavy atom. The molecule has 96 valence electrons. The molecular weight excluding hydrogens is 204 g/mol. The third-order valence-corrected chi connectivity index (χ3v) is 3.40. The summed E-state index contributed by atoms with van der Waals surface area (Å²) in [5, 5.41) is 19.7. The van der Waals surface area contributed by atoms with Crippen LogP contribution in [0.15, 0.2) is 0 Å². The molecule has 16 heavy (non-hydrogen) atoms. The predicted octanol–water partition coefficient (Wildman–Crippen LogP) is 1.96. The molecule has 0 heterocycles. The molecule has 4 unspecified atom stereocenters. The molecule has 1 aliphatic carbocycles. The second-order valence-corrected chi connectivity index (χ2v) is 5.52. The number of hydrogen-bond acceptors (Lipinski definition) is 3. The van der Waals surface area contributed by atoms with Gasteiger partial charge in [0.2, 0.25) is 0 Å². The van der Waals surface area contributed by atoms with Crippen molar-refractivity contribution in [2.45, 2.75) is 64.8 Å². The Labute approximate surface area is 98.8 Å². The van der Waals surface area contributed by atoms with Crippen LogP contribution in [-0.4, -0.2) is 35.1 Å². The van der Waals surface area contributed by atoms with Crippen molar-refractivity contribution in [1.29, 1.82) is 0 Å². The molecule has 1 rings (SSSR count). The minimum absolute atomic E-state index is 0.157. The summed E-state index contributed by atoms with van der Waals surface area (Å²) in [6.45, 7) is 6.53. The Bertz CT molecular complexity index is 194. The molecule has 4 atom stereocenters. The third kappa shape index (κ3) is 4.81. The highest BCUT2D eigenvalue weighted by Crippen LogP contribution is 2.31. The maximum atomic E-state index is 9.86. The summed E-state index contributed by atoms with van der Waals surface area (Å²) in [6.07, 6.45) is 3.17. The number of aliphatic hydroxyl groups is 2. The molecule has 0 saturated heterocycles. The molecule has 2 N–H and O–H groups in total. The Morgan fingerprint density at radius 3 is 2.62 bits per heavy atom. The fourth-order valence-electron chi connectivity index (χ4n) is 2.46. The van der Waals surface area contributed by atoms with Gasteiger partial charge in [0.15, 0.2) is 0 Å². The van der Waals surface area contributed by atoms with Gasteiger partial charge < -0.3 is 14.9 Å². The third-order valence-electron chi connectivity index (χ3n) is 3.40. The van der Waals surface area contributed by atoms with Gasteiger partial charge in [-0.3, -0.25) is 0 Å². The minimum Gasteiger partial charge on any atom is -0.393 e. The van der Waals surface area contributed by atoms with Gasteiger partial charge in [-0.05, 0) is 51.4 Å². The zero-order chi connectivity index (χ0) is 12.1. The highest BCUT2D eigenvalue weighted by molar-refractivity contribution is 4.79. The lowest BCUT2D eigenvalue weighted by atomic mass is 9.78. The van der Waals surface area contributed by atoms with Crippen molar-refractivity contribution in [3.63, 3.8) is 0 Å². The van der Waals surface area contributed by atoms with Crippen LogP contribution in [0, 0.1) is 11.8 Å². The molecule has 0 aromatic heterocycles. The maximum absolute atomic E-state index is 9.86. The highest BCUT2D eigenvalue weighted by atomic mass is 16.5. The van der Waals surface area contributed by atoms with E-state index >= 15 is 0 Å². The fourth-order valence-corrected chi connectivity index (χ4v) is 2.46. The van der Waals surface area contributed by atoms with Crippen LogP contribution >= 0.6 is 0 Å². The van der Waals surface area contributed by atoms with Crippen molar-refractivity contribution < 1.29 is 14.9 Å². The van der Waals surface area contributed by atoms with Crippen molar-refractivity contribution in [2.24, 2.45) is 11.8 Å². The first kappa shape index (κ1) is 13.9. The van der Waals surface area contributed by atoms with E-state index in [1.54, 1.807) is 0 Å². The summed E-state index contributed by atoms with van der Waals surface area (Å²) in [5.74, 6) is 0.918. The summed E-state index contributed by atoms with van der Waals surface area (Å²) in [6, 6.07) is 0. The van der Waals surface area contributed by atoms with Crippen LogP contribution in [0.5, 0.6) is 0 Å². The lowest BCUT2D eigenvalue weighted by Crippen LogP contribution is -2.32. The van der Waals surface area contributed by atoms with Crippen molar-refractivity contribution in [3.8, 4) is 0 Å². The number of hydrogen-bond donors (Lipinski definition) is 2. The Hall–Kier alpha value is -0.120. The van der Waals surface area contributed by atoms with E-state index in [-0.39, 0.29) is 18.1 Å². The van der Waals surface area contributed by atoms with E-state index < -0.39 is 6.10 Å². The number of ether oxygens (including phenoxy) is 1. The lowest BCUT2D eigenvalue weighted by molar-refractivity contribution is -0.0276. The molecular formula is C13H26O3. The SMILES string of the molecule is CC1CCC(O)C(CC(O)COC(C)C)C1. The smallest absolute Gasteiger partial charge is 0.0777 e. The Balaban J connectivity index is 2.28. The summed E-state index contributed by atoms with van der Waals surface area (Å²) >= 11 is 0. The molecule has 0 amide bonds. The first-order chi connectivity index (χ1) is 7.49. The van der Waals surface area contributed by atoms with Gasteiger partial charge in [-0.2, -0.15) is 0 Å². The van der Waals surface area contributed by atoms with Crippen molar-refractivity contribution in [2.75, 3.05) is 6.61 Å². The van der Waals surface area contributed by atoms with Crippen LogP contribution in [0.2, 0.25) is 0 Å². The van der Waals surface area contributed by atoms with E-state index in [1.807, 2.05) is 13.8 Å². The van der Waals surface area contributed by atoms with Crippen molar-refractivity contribution >= 4 is 0 Å². The van der Waals surface area contributed by atoms with Gasteiger partial charge in [0.1, 0.15) is 0 Å². The Kier molecular flexibility index (Phi) is 5.73. The second kappa shape index (κ2) is 6.58. The van der Waals surface area contributed by atoms with Gasteiger partial charge >= 0.3 is 0 Å².